The molecule has 1 heterocycles. The fourth-order valence-electron chi connectivity index (χ4n) is 3.81. The minimum absolute atomic E-state index is 0.392. The van der Waals surface area contributed by atoms with Crippen molar-refractivity contribution in [1.29, 1.82) is 0 Å². The summed E-state index contributed by atoms with van der Waals surface area (Å²) in [5.41, 5.74) is 3.96. The molecule has 0 aliphatic rings. The molecule has 0 aliphatic carbocycles. The number of aromatic nitrogens is 1. The van der Waals surface area contributed by atoms with E-state index in [4.69, 9.17) is 0 Å². The first-order chi connectivity index (χ1) is 14.2. The van der Waals surface area contributed by atoms with Gasteiger partial charge in [-0.1, -0.05) is 66.7 Å². The molecule has 1 aromatic heterocycles. The number of Topliss-reactive ketones (excluding diaryl/α,β-unsaturated/α-hetero) is 2. The summed E-state index contributed by atoms with van der Waals surface area (Å²) in [5.74, 6) is -0.986. The van der Waals surface area contributed by atoms with Crippen molar-refractivity contribution in [2.75, 3.05) is 0 Å². The Morgan fingerprint density at radius 3 is 1.48 bits per heavy atom. The Labute approximate surface area is 167 Å². The molecule has 3 nitrogen and oxygen atoms in total. The lowest BCUT2D eigenvalue weighted by atomic mass is 10.0. The molecule has 0 spiro atoms. The van der Waals surface area contributed by atoms with Crippen LogP contribution in [-0.4, -0.2) is 16.1 Å². The van der Waals surface area contributed by atoms with E-state index in [1.54, 1.807) is 36.4 Å². The van der Waals surface area contributed by atoms with E-state index in [0.29, 0.717) is 11.1 Å². The Morgan fingerprint density at radius 2 is 0.931 bits per heavy atom. The molecule has 0 amide bonds. The van der Waals surface area contributed by atoms with E-state index in [2.05, 4.69) is 28.8 Å². The van der Waals surface area contributed by atoms with Gasteiger partial charge in [0.05, 0.1) is 11.0 Å². The Bertz CT molecular complexity index is 1310. The van der Waals surface area contributed by atoms with Gasteiger partial charge >= 0.3 is 0 Å². The quantitative estimate of drug-likeness (QED) is 0.292. The number of hydrogen-bond acceptors (Lipinski definition) is 2. The number of para-hydroxylation sites is 2. The molecule has 5 rings (SSSR count). The van der Waals surface area contributed by atoms with Crippen LogP contribution in [0.5, 0.6) is 0 Å². The van der Waals surface area contributed by atoms with E-state index in [9.17, 15) is 9.59 Å². The summed E-state index contributed by atoms with van der Waals surface area (Å²) < 4.78 is 2.18. The van der Waals surface area contributed by atoms with Gasteiger partial charge in [0.1, 0.15) is 0 Å². The van der Waals surface area contributed by atoms with E-state index in [1.165, 1.54) is 10.8 Å². The summed E-state index contributed by atoms with van der Waals surface area (Å²) in [6, 6.07) is 32.4. The summed E-state index contributed by atoms with van der Waals surface area (Å²) in [4.78, 5) is 25.1. The standard InChI is InChI=1S/C26H17NO2/c28-25(18-8-2-1-3-9-18)26(29)19-14-16-20(17-15-19)27-23-12-6-4-10-21(23)22-11-5-7-13-24(22)27/h1-17H. The van der Waals surface area contributed by atoms with Crippen molar-refractivity contribution in [3.8, 4) is 5.69 Å². The number of carbonyl (C=O) groups is 2. The molecule has 0 N–H and O–H groups in total. The fraction of sp³-hybridized carbons (Fsp3) is 0. The van der Waals surface area contributed by atoms with Crippen LogP contribution in [0.15, 0.2) is 103 Å². The average Bonchev–Trinajstić information content (AvgIpc) is 3.13. The average molecular weight is 375 g/mol. The van der Waals surface area contributed by atoms with Crippen LogP contribution in [0.4, 0.5) is 0 Å². The highest BCUT2D eigenvalue weighted by Gasteiger charge is 2.18. The number of nitrogens with zero attached hydrogens (tertiary/aromatic N) is 1. The zero-order chi connectivity index (χ0) is 19.8. The van der Waals surface area contributed by atoms with Crippen LogP contribution in [0.2, 0.25) is 0 Å². The Kier molecular flexibility index (Phi) is 4.07. The maximum Gasteiger partial charge on any atom is 0.233 e. The van der Waals surface area contributed by atoms with Crippen LogP contribution < -0.4 is 0 Å². The van der Waals surface area contributed by atoms with Crippen LogP contribution in [-0.2, 0) is 0 Å². The minimum atomic E-state index is -0.495. The Balaban J connectivity index is 1.57. The summed E-state index contributed by atoms with van der Waals surface area (Å²) in [5, 5.41) is 2.37. The second-order valence-electron chi connectivity index (χ2n) is 6.94. The monoisotopic (exact) mass is 375 g/mol. The van der Waals surface area contributed by atoms with E-state index < -0.39 is 11.6 Å². The molecule has 29 heavy (non-hydrogen) atoms. The SMILES string of the molecule is O=C(C(=O)c1ccc(-n2c3ccccc3c3ccccc32)cc1)c1ccccc1. The van der Waals surface area contributed by atoms with Crippen molar-refractivity contribution in [1.82, 2.24) is 4.57 Å². The van der Waals surface area contributed by atoms with Crippen molar-refractivity contribution in [3.05, 3.63) is 114 Å². The summed E-state index contributed by atoms with van der Waals surface area (Å²) >= 11 is 0. The van der Waals surface area contributed by atoms with Crippen molar-refractivity contribution >= 4 is 33.4 Å². The molecule has 3 heteroatoms. The van der Waals surface area contributed by atoms with Crippen molar-refractivity contribution in [2.45, 2.75) is 0 Å². The molecular formula is C26H17NO2. The largest absolute Gasteiger partial charge is 0.309 e. The minimum Gasteiger partial charge on any atom is -0.309 e. The fourth-order valence-corrected chi connectivity index (χ4v) is 3.81. The van der Waals surface area contributed by atoms with Gasteiger partial charge in [-0.05, 0) is 36.4 Å². The van der Waals surface area contributed by atoms with Gasteiger partial charge in [0.15, 0.2) is 0 Å². The van der Waals surface area contributed by atoms with Gasteiger partial charge in [0.2, 0.25) is 11.6 Å². The number of rotatable bonds is 4. The van der Waals surface area contributed by atoms with Crippen LogP contribution in [0, 0.1) is 0 Å². The molecule has 0 radical (unpaired) electrons. The molecule has 0 bridgehead atoms. The van der Waals surface area contributed by atoms with E-state index >= 15 is 0 Å². The maximum atomic E-state index is 12.6. The van der Waals surface area contributed by atoms with Crippen LogP contribution >= 0.6 is 0 Å². The van der Waals surface area contributed by atoms with Crippen molar-refractivity contribution < 1.29 is 9.59 Å². The second kappa shape index (κ2) is 6.88. The first-order valence-corrected chi connectivity index (χ1v) is 9.47. The normalized spacial score (nSPS) is 11.0. The second-order valence-corrected chi connectivity index (χ2v) is 6.94. The summed E-state index contributed by atoms with van der Waals surface area (Å²) in [6.45, 7) is 0. The topological polar surface area (TPSA) is 39.1 Å². The summed E-state index contributed by atoms with van der Waals surface area (Å²) in [7, 11) is 0. The van der Waals surface area contributed by atoms with E-state index in [0.717, 1.165) is 16.7 Å². The molecule has 0 saturated carbocycles. The molecule has 0 aliphatic heterocycles. The molecule has 138 valence electrons. The number of benzene rings is 4. The lowest BCUT2D eigenvalue weighted by Crippen LogP contribution is -2.14. The predicted molar refractivity (Wildman–Crippen MR) is 116 cm³/mol. The third-order valence-corrected chi connectivity index (χ3v) is 5.21. The molecule has 0 atom stereocenters. The molecule has 4 aromatic carbocycles. The molecule has 0 unspecified atom stereocenters. The smallest absolute Gasteiger partial charge is 0.233 e. The van der Waals surface area contributed by atoms with Crippen LogP contribution in [0.3, 0.4) is 0 Å². The third-order valence-electron chi connectivity index (χ3n) is 5.21. The van der Waals surface area contributed by atoms with Gasteiger partial charge in [-0.3, -0.25) is 9.59 Å². The van der Waals surface area contributed by atoms with Crippen molar-refractivity contribution in [2.24, 2.45) is 0 Å². The number of ketones is 2. The van der Waals surface area contributed by atoms with E-state index in [-0.39, 0.29) is 0 Å². The zero-order valence-electron chi connectivity index (χ0n) is 15.6. The predicted octanol–water partition coefficient (Wildman–Crippen LogP) is 5.85. The van der Waals surface area contributed by atoms with Gasteiger partial charge in [-0.25, -0.2) is 0 Å². The van der Waals surface area contributed by atoms with Gasteiger partial charge in [0, 0.05) is 27.6 Å². The Hall–Kier alpha value is -3.98. The first kappa shape index (κ1) is 17.1. The van der Waals surface area contributed by atoms with Gasteiger partial charge in [-0.2, -0.15) is 0 Å². The zero-order valence-corrected chi connectivity index (χ0v) is 15.6. The number of carbonyl (C=O) groups excluding carboxylic acids is 2. The highest BCUT2D eigenvalue weighted by molar-refractivity contribution is 6.49. The molecule has 0 fully saturated rings. The van der Waals surface area contributed by atoms with Crippen molar-refractivity contribution in [3.63, 3.8) is 0 Å². The highest BCUT2D eigenvalue weighted by Crippen LogP contribution is 2.31. The number of hydrogen-bond donors (Lipinski definition) is 0. The maximum absolute atomic E-state index is 12.6. The summed E-state index contributed by atoms with van der Waals surface area (Å²) in [6.07, 6.45) is 0. The van der Waals surface area contributed by atoms with E-state index in [1.807, 2.05) is 42.5 Å². The molecule has 5 aromatic rings. The first-order valence-electron chi connectivity index (χ1n) is 9.47. The van der Waals surface area contributed by atoms with Crippen LogP contribution in [0.25, 0.3) is 27.5 Å². The number of fused-ring (bicyclic) bond motifs is 3. The lowest BCUT2D eigenvalue weighted by molar-refractivity contribution is 0.0817. The Morgan fingerprint density at radius 1 is 0.483 bits per heavy atom. The van der Waals surface area contributed by atoms with Crippen LogP contribution in [0.1, 0.15) is 20.7 Å². The van der Waals surface area contributed by atoms with Gasteiger partial charge in [-0.15, -0.1) is 0 Å². The molecule has 0 saturated heterocycles. The lowest BCUT2D eigenvalue weighted by Gasteiger charge is -2.08. The molecular weight excluding hydrogens is 358 g/mol. The van der Waals surface area contributed by atoms with Gasteiger partial charge in [0.25, 0.3) is 0 Å². The third kappa shape index (κ3) is 2.84. The highest BCUT2D eigenvalue weighted by atomic mass is 16.2. The van der Waals surface area contributed by atoms with Gasteiger partial charge < -0.3 is 4.57 Å².